The van der Waals surface area contributed by atoms with Crippen LogP contribution >= 0.6 is 0 Å². The number of hydrogen-bond acceptors (Lipinski definition) is 9. The van der Waals surface area contributed by atoms with Crippen molar-refractivity contribution in [1.29, 1.82) is 0 Å². The summed E-state index contributed by atoms with van der Waals surface area (Å²) in [6.07, 6.45) is -4.87. The highest BCUT2D eigenvalue weighted by molar-refractivity contribution is 5.95. The number of ether oxygens (including phenoxy) is 4. The minimum atomic E-state index is -2.27. The number of aliphatic hydroxyl groups is 1. The molecule has 164 valence electrons. The van der Waals surface area contributed by atoms with E-state index >= 15 is 0 Å². The predicted octanol–water partition coefficient (Wildman–Crippen LogP) is 0.631. The lowest BCUT2D eigenvalue weighted by Crippen LogP contribution is -2.60. The van der Waals surface area contributed by atoms with Crippen LogP contribution in [-0.2, 0) is 38.1 Å². The number of ketones is 1. The molecule has 3 rings (SSSR count). The molecule has 9 heteroatoms. The average molecular weight is 422 g/mol. The second kappa shape index (κ2) is 7.63. The molecule has 9 nitrogen and oxygen atoms in total. The molecule has 0 aromatic heterocycles. The van der Waals surface area contributed by atoms with Crippen LogP contribution in [0.1, 0.15) is 34.1 Å². The Balaban J connectivity index is 2.14. The second-order valence-electron chi connectivity index (χ2n) is 8.42. The van der Waals surface area contributed by atoms with Gasteiger partial charge in [-0.25, -0.2) is 9.59 Å². The van der Waals surface area contributed by atoms with Gasteiger partial charge in [0.2, 0.25) is 0 Å². The molecule has 0 aromatic carbocycles. The van der Waals surface area contributed by atoms with Crippen LogP contribution in [0.4, 0.5) is 0 Å². The molecule has 2 aliphatic heterocycles. The van der Waals surface area contributed by atoms with E-state index in [0.717, 1.165) is 6.92 Å². The molecule has 1 aliphatic carbocycles. The Morgan fingerprint density at radius 2 is 1.87 bits per heavy atom. The Bertz CT molecular complexity index is 826. The van der Waals surface area contributed by atoms with Crippen molar-refractivity contribution in [1.82, 2.24) is 0 Å². The molecule has 2 heterocycles. The number of carbonyl (C=O) groups excluding carboxylic acids is 4. The van der Waals surface area contributed by atoms with Gasteiger partial charge in [-0.15, -0.1) is 0 Å². The van der Waals surface area contributed by atoms with Crippen LogP contribution in [0, 0.1) is 11.8 Å². The van der Waals surface area contributed by atoms with Gasteiger partial charge in [-0.05, 0) is 26.2 Å². The van der Waals surface area contributed by atoms with Crippen molar-refractivity contribution in [2.75, 3.05) is 0 Å². The van der Waals surface area contributed by atoms with Crippen LogP contribution in [0.25, 0.3) is 0 Å². The highest BCUT2D eigenvalue weighted by atomic mass is 16.6. The van der Waals surface area contributed by atoms with Crippen molar-refractivity contribution in [3.63, 3.8) is 0 Å². The lowest BCUT2D eigenvalue weighted by molar-refractivity contribution is -0.196. The van der Waals surface area contributed by atoms with E-state index in [2.05, 4.69) is 13.2 Å². The van der Waals surface area contributed by atoms with Crippen LogP contribution < -0.4 is 0 Å². The zero-order valence-electron chi connectivity index (χ0n) is 17.4. The fraction of sp³-hybridized carbons (Fsp3) is 0.619. The van der Waals surface area contributed by atoms with Crippen molar-refractivity contribution in [3.05, 3.63) is 24.3 Å². The predicted molar refractivity (Wildman–Crippen MR) is 101 cm³/mol. The number of Topliss-reactive ketones (excluding diaryl/α,β-unsaturated/α-hetero) is 1. The molecule has 0 radical (unpaired) electrons. The first-order chi connectivity index (χ1) is 13.9. The first kappa shape index (κ1) is 22.2. The molecule has 0 spiro atoms. The fourth-order valence-electron chi connectivity index (χ4n) is 4.18. The quantitative estimate of drug-likeness (QED) is 0.301. The monoisotopic (exact) mass is 422 g/mol. The van der Waals surface area contributed by atoms with Crippen molar-refractivity contribution < 1.29 is 43.2 Å². The van der Waals surface area contributed by atoms with E-state index in [1.165, 1.54) is 13.8 Å². The van der Waals surface area contributed by atoms with Crippen molar-refractivity contribution in [2.45, 2.75) is 70.2 Å². The molecule has 8 atom stereocenters. The van der Waals surface area contributed by atoms with Gasteiger partial charge in [0.15, 0.2) is 23.6 Å². The second-order valence-corrected chi connectivity index (χ2v) is 8.42. The zero-order valence-corrected chi connectivity index (χ0v) is 17.4. The Hall–Kier alpha value is -2.52. The van der Waals surface area contributed by atoms with Gasteiger partial charge in [0.05, 0.1) is 12.0 Å². The van der Waals surface area contributed by atoms with Crippen molar-refractivity contribution >= 4 is 23.7 Å². The SMILES string of the molecule is C=C(C)C(=O)O[C@H]1[C@H]2C(=C)C(=O)O[C@@H]2C[C@@H](C)[C@@H]2O[C@@H]2C(=O)C(C)(O)[C@@H]1OC(C)=O. The number of carbonyl (C=O) groups is 4. The summed E-state index contributed by atoms with van der Waals surface area (Å²) in [7, 11) is 0. The number of rotatable bonds is 3. The van der Waals surface area contributed by atoms with Crippen LogP contribution in [-0.4, -0.2) is 64.9 Å². The first-order valence-electron chi connectivity index (χ1n) is 9.71. The largest absolute Gasteiger partial charge is 0.458 e. The summed E-state index contributed by atoms with van der Waals surface area (Å²) in [4.78, 5) is 49.6. The van der Waals surface area contributed by atoms with E-state index in [4.69, 9.17) is 18.9 Å². The Kier molecular flexibility index (Phi) is 5.64. The van der Waals surface area contributed by atoms with Crippen molar-refractivity contribution in [2.24, 2.45) is 11.8 Å². The minimum absolute atomic E-state index is 0.000884. The lowest BCUT2D eigenvalue weighted by Gasteiger charge is -2.39. The summed E-state index contributed by atoms with van der Waals surface area (Å²) in [5.41, 5.74) is -2.22. The Morgan fingerprint density at radius 3 is 2.43 bits per heavy atom. The maximum atomic E-state index is 13.0. The van der Waals surface area contributed by atoms with E-state index < -0.39 is 65.7 Å². The van der Waals surface area contributed by atoms with Crippen LogP contribution in [0.15, 0.2) is 24.3 Å². The summed E-state index contributed by atoms with van der Waals surface area (Å²) >= 11 is 0. The molecule has 1 N–H and O–H groups in total. The van der Waals surface area contributed by atoms with Gasteiger partial charge in [0, 0.05) is 18.1 Å². The molecule has 3 aliphatic rings. The standard InChI is InChI=1S/C21H26O9/c1-8(2)19(24)30-15-13-10(4)20(25)28-12(13)7-9(3)14-16(29-14)17(23)21(6,26)18(15)27-11(5)22/h9,12-16,18,26H,1,4,7H2,2-3,5-6H3/t9-,12-,13+,14+,15+,16+,18-,21?/m1/s1. The molecule has 3 fully saturated rings. The molecule has 0 aromatic rings. The number of hydrogen-bond donors (Lipinski definition) is 1. The molecule has 0 amide bonds. The lowest BCUT2D eigenvalue weighted by atomic mass is 9.75. The molecule has 2 saturated heterocycles. The summed E-state index contributed by atoms with van der Waals surface area (Å²) in [6.45, 7) is 12.8. The van der Waals surface area contributed by atoms with Gasteiger partial charge in [-0.1, -0.05) is 20.1 Å². The smallest absolute Gasteiger partial charge is 0.334 e. The number of fused-ring (bicyclic) bond motifs is 2. The highest BCUT2D eigenvalue weighted by Gasteiger charge is 2.62. The summed E-state index contributed by atoms with van der Waals surface area (Å²) in [5.74, 6) is -4.16. The average Bonchev–Trinajstić information content (AvgIpc) is 3.39. The molecular formula is C21H26O9. The Morgan fingerprint density at radius 1 is 1.23 bits per heavy atom. The van der Waals surface area contributed by atoms with E-state index in [9.17, 15) is 24.3 Å². The molecule has 1 saturated carbocycles. The third-order valence-corrected chi connectivity index (χ3v) is 5.86. The molecule has 1 unspecified atom stereocenters. The van der Waals surface area contributed by atoms with Gasteiger partial charge in [-0.2, -0.15) is 0 Å². The molecular weight excluding hydrogens is 396 g/mol. The van der Waals surface area contributed by atoms with Gasteiger partial charge in [-0.3, -0.25) is 9.59 Å². The van der Waals surface area contributed by atoms with E-state index in [1.54, 1.807) is 0 Å². The van der Waals surface area contributed by atoms with Gasteiger partial charge < -0.3 is 24.1 Å². The fourth-order valence-corrected chi connectivity index (χ4v) is 4.18. The van der Waals surface area contributed by atoms with Crippen LogP contribution in [0.5, 0.6) is 0 Å². The van der Waals surface area contributed by atoms with E-state index in [1.807, 2.05) is 6.92 Å². The van der Waals surface area contributed by atoms with Crippen LogP contribution in [0.3, 0.4) is 0 Å². The van der Waals surface area contributed by atoms with E-state index in [0.29, 0.717) is 6.42 Å². The van der Waals surface area contributed by atoms with Crippen molar-refractivity contribution in [3.8, 4) is 0 Å². The zero-order chi connectivity index (χ0) is 22.5. The minimum Gasteiger partial charge on any atom is -0.458 e. The summed E-state index contributed by atoms with van der Waals surface area (Å²) in [6, 6.07) is 0. The summed E-state index contributed by atoms with van der Waals surface area (Å²) < 4.78 is 21.8. The third kappa shape index (κ3) is 3.79. The van der Waals surface area contributed by atoms with Gasteiger partial charge in [0.25, 0.3) is 0 Å². The van der Waals surface area contributed by atoms with Crippen LogP contribution in [0.2, 0.25) is 0 Å². The maximum Gasteiger partial charge on any atom is 0.334 e. The highest BCUT2D eigenvalue weighted by Crippen LogP contribution is 2.45. The molecule has 30 heavy (non-hydrogen) atoms. The third-order valence-electron chi connectivity index (χ3n) is 5.86. The summed E-state index contributed by atoms with van der Waals surface area (Å²) in [5, 5.41) is 11.2. The Labute approximate surface area is 174 Å². The first-order valence-corrected chi connectivity index (χ1v) is 9.71. The molecule has 0 bridgehead atoms. The van der Waals surface area contributed by atoms with E-state index in [-0.39, 0.29) is 17.1 Å². The van der Waals surface area contributed by atoms with Gasteiger partial charge >= 0.3 is 17.9 Å². The number of epoxide rings is 1. The maximum absolute atomic E-state index is 13.0. The topological polar surface area (TPSA) is 129 Å². The normalized spacial score (nSPS) is 40.6. The number of esters is 3. The van der Waals surface area contributed by atoms with Gasteiger partial charge in [0.1, 0.15) is 12.2 Å².